The van der Waals surface area contributed by atoms with Crippen molar-refractivity contribution in [2.45, 2.75) is 0 Å². The molecule has 0 bridgehead atoms. The van der Waals surface area contributed by atoms with Crippen LogP contribution in [0.2, 0.25) is 0 Å². The molecule has 0 saturated carbocycles. The second-order valence-corrected chi connectivity index (χ2v) is 6.27. The van der Waals surface area contributed by atoms with Crippen molar-refractivity contribution in [2.75, 3.05) is 5.32 Å². The number of carbonyl (C=O) groups excluding carboxylic acids is 1. The molecule has 3 rings (SSSR count). The molecule has 0 unspecified atom stereocenters. The number of amides is 1. The molecule has 0 radical (unpaired) electrons. The molecule has 1 amide bonds. The van der Waals surface area contributed by atoms with Crippen LogP contribution >= 0.6 is 22.7 Å². The van der Waals surface area contributed by atoms with Gasteiger partial charge in [-0.1, -0.05) is 36.4 Å². The Kier molecular flexibility index (Phi) is 4.28. The maximum atomic E-state index is 12.5. The van der Waals surface area contributed by atoms with Crippen LogP contribution in [-0.4, -0.2) is 5.91 Å². The number of benzene rings is 1. The van der Waals surface area contributed by atoms with Gasteiger partial charge in [-0.25, -0.2) is 0 Å². The molecular weight excluding hydrogens is 298 g/mol. The third-order valence-electron chi connectivity index (χ3n) is 2.90. The van der Waals surface area contributed by atoms with Crippen molar-refractivity contribution in [2.24, 2.45) is 0 Å². The Bertz CT molecular complexity index is 728. The minimum Gasteiger partial charge on any atom is -0.314 e. The van der Waals surface area contributed by atoms with Gasteiger partial charge in [0, 0.05) is 4.88 Å². The van der Waals surface area contributed by atoms with E-state index in [4.69, 9.17) is 0 Å². The summed E-state index contributed by atoms with van der Waals surface area (Å²) in [5.41, 5.74) is 1.70. The zero-order valence-corrected chi connectivity index (χ0v) is 12.8. The van der Waals surface area contributed by atoms with E-state index in [0.717, 1.165) is 15.4 Å². The third-order valence-corrected chi connectivity index (χ3v) is 4.59. The first kappa shape index (κ1) is 13.8. The highest BCUT2D eigenvalue weighted by Gasteiger charge is 2.13. The molecule has 1 aromatic carbocycles. The minimum atomic E-state index is -0.0799. The van der Waals surface area contributed by atoms with Gasteiger partial charge in [-0.05, 0) is 40.6 Å². The Morgan fingerprint density at radius 1 is 0.905 bits per heavy atom. The van der Waals surface area contributed by atoms with E-state index in [1.165, 1.54) is 11.3 Å². The molecule has 4 heteroatoms. The van der Waals surface area contributed by atoms with Crippen LogP contribution < -0.4 is 5.32 Å². The van der Waals surface area contributed by atoms with Crippen LogP contribution in [0.4, 0.5) is 5.00 Å². The van der Waals surface area contributed by atoms with Gasteiger partial charge in [-0.2, -0.15) is 0 Å². The van der Waals surface area contributed by atoms with Crippen LogP contribution in [0.1, 0.15) is 10.4 Å². The summed E-state index contributed by atoms with van der Waals surface area (Å²) in [6.45, 7) is 0. The Hall–Kier alpha value is -2.17. The second kappa shape index (κ2) is 6.52. The highest BCUT2D eigenvalue weighted by atomic mass is 32.1. The number of nitrogens with one attached hydrogen (secondary N) is 1. The van der Waals surface area contributed by atoms with Crippen LogP contribution in [0.5, 0.6) is 0 Å². The number of hydrogen-bond acceptors (Lipinski definition) is 3. The lowest BCUT2D eigenvalue weighted by molar-refractivity contribution is -0.111. The Morgan fingerprint density at radius 2 is 1.67 bits per heavy atom. The molecule has 2 nitrogen and oxygen atoms in total. The third kappa shape index (κ3) is 3.48. The van der Waals surface area contributed by atoms with Gasteiger partial charge in [0.25, 0.3) is 5.91 Å². The van der Waals surface area contributed by atoms with Gasteiger partial charge in [-0.15, -0.1) is 22.7 Å². The Morgan fingerprint density at radius 3 is 2.33 bits per heavy atom. The van der Waals surface area contributed by atoms with E-state index in [9.17, 15) is 4.79 Å². The van der Waals surface area contributed by atoms with Gasteiger partial charge < -0.3 is 5.32 Å². The van der Waals surface area contributed by atoms with Crippen LogP contribution in [0.25, 0.3) is 11.6 Å². The maximum absolute atomic E-state index is 12.5. The van der Waals surface area contributed by atoms with Gasteiger partial charge in [0.1, 0.15) is 0 Å². The van der Waals surface area contributed by atoms with Gasteiger partial charge in [0.2, 0.25) is 0 Å². The molecule has 2 heterocycles. The van der Waals surface area contributed by atoms with Crippen molar-refractivity contribution in [3.63, 3.8) is 0 Å². The van der Waals surface area contributed by atoms with E-state index in [-0.39, 0.29) is 5.91 Å². The van der Waals surface area contributed by atoms with E-state index in [1.807, 2.05) is 71.4 Å². The molecule has 0 fully saturated rings. The smallest absolute Gasteiger partial charge is 0.257 e. The predicted molar refractivity (Wildman–Crippen MR) is 91.6 cm³/mol. The number of thiophene rings is 2. The fourth-order valence-corrected chi connectivity index (χ4v) is 3.28. The first-order chi connectivity index (χ1) is 10.3. The summed E-state index contributed by atoms with van der Waals surface area (Å²) in [7, 11) is 0. The summed E-state index contributed by atoms with van der Waals surface area (Å²) in [5, 5.41) is 7.73. The molecule has 2 aromatic heterocycles. The van der Waals surface area contributed by atoms with Crippen molar-refractivity contribution >= 4 is 45.2 Å². The molecule has 0 aliphatic rings. The van der Waals surface area contributed by atoms with E-state index < -0.39 is 0 Å². The quantitative estimate of drug-likeness (QED) is 0.676. The molecule has 0 aliphatic heterocycles. The maximum Gasteiger partial charge on any atom is 0.257 e. The average Bonchev–Trinajstić information content (AvgIpc) is 3.19. The molecule has 0 saturated heterocycles. The summed E-state index contributed by atoms with van der Waals surface area (Å²) in [6, 6.07) is 17.6. The average molecular weight is 311 g/mol. The summed E-state index contributed by atoms with van der Waals surface area (Å²) < 4.78 is 0. The van der Waals surface area contributed by atoms with Crippen LogP contribution in [-0.2, 0) is 4.79 Å². The fraction of sp³-hybridized carbons (Fsp3) is 0. The highest BCUT2D eigenvalue weighted by molar-refractivity contribution is 7.14. The van der Waals surface area contributed by atoms with Crippen LogP contribution in [0.15, 0.2) is 65.4 Å². The normalized spacial score (nSPS) is 11.3. The molecule has 1 N–H and O–H groups in total. The minimum absolute atomic E-state index is 0.0799. The Balaban J connectivity index is 1.93. The SMILES string of the molecule is O=C(Nc1cccs1)/C(=C/c1ccccc1)c1cccs1. The van der Waals surface area contributed by atoms with Crippen molar-refractivity contribution in [1.29, 1.82) is 0 Å². The highest BCUT2D eigenvalue weighted by Crippen LogP contribution is 2.25. The van der Waals surface area contributed by atoms with Gasteiger partial charge >= 0.3 is 0 Å². The van der Waals surface area contributed by atoms with E-state index in [1.54, 1.807) is 11.3 Å². The monoisotopic (exact) mass is 311 g/mol. The second-order valence-electron chi connectivity index (χ2n) is 4.38. The fourth-order valence-electron chi connectivity index (χ4n) is 1.93. The summed E-state index contributed by atoms with van der Waals surface area (Å²) in [5.74, 6) is -0.0799. The number of hydrogen-bond donors (Lipinski definition) is 1. The van der Waals surface area contributed by atoms with Crippen molar-refractivity contribution in [3.8, 4) is 0 Å². The zero-order valence-electron chi connectivity index (χ0n) is 11.2. The number of anilines is 1. The lowest BCUT2D eigenvalue weighted by Crippen LogP contribution is -2.12. The van der Waals surface area contributed by atoms with Gasteiger partial charge in [0.15, 0.2) is 0 Å². The van der Waals surface area contributed by atoms with Gasteiger partial charge in [0.05, 0.1) is 10.6 Å². The van der Waals surface area contributed by atoms with E-state index >= 15 is 0 Å². The van der Waals surface area contributed by atoms with Crippen molar-refractivity contribution in [1.82, 2.24) is 0 Å². The van der Waals surface area contributed by atoms with Gasteiger partial charge in [-0.3, -0.25) is 4.79 Å². The predicted octanol–water partition coefficient (Wildman–Crippen LogP) is 4.99. The van der Waals surface area contributed by atoms with E-state index in [2.05, 4.69) is 5.32 Å². The van der Waals surface area contributed by atoms with Crippen LogP contribution in [0, 0.1) is 0 Å². The number of rotatable bonds is 4. The molecule has 0 spiro atoms. The van der Waals surface area contributed by atoms with Crippen LogP contribution in [0.3, 0.4) is 0 Å². The molecule has 21 heavy (non-hydrogen) atoms. The number of carbonyl (C=O) groups is 1. The largest absolute Gasteiger partial charge is 0.314 e. The molecular formula is C17H13NOS2. The summed E-state index contributed by atoms with van der Waals surface area (Å²) in [6.07, 6.45) is 1.93. The molecule has 0 aliphatic carbocycles. The first-order valence-corrected chi connectivity index (χ1v) is 8.24. The van der Waals surface area contributed by atoms with Crippen molar-refractivity contribution in [3.05, 3.63) is 75.8 Å². The topological polar surface area (TPSA) is 29.1 Å². The zero-order chi connectivity index (χ0) is 14.5. The summed E-state index contributed by atoms with van der Waals surface area (Å²) in [4.78, 5) is 13.5. The van der Waals surface area contributed by atoms with E-state index in [0.29, 0.717) is 5.57 Å². The first-order valence-electron chi connectivity index (χ1n) is 6.48. The van der Waals surface area contributed by atoms with Crippen molar-refractivity contribution < 1.29 is 4.79 Å². The lowest BCUT2D eigenvalue weighted by Gasteiger charge is -2.06. The molecule has 3 aromatic rings. The molecule has 104 valence electrons. The Labute approximate surface area is 131 Å². The molecule has 0 atom stereocenters. The standard InChI is InChI=1S/C17H13NOS2/c19-17(18-16-9-5-11-21-16)14(15-8-4-10-20-15)12-13-6-2-1-3-7-13/h1-12H,(H,18,19)/b14-12+. The summed E-state index contributed by atoms with van der Waals surface area (Å²) >= 11 is 3.08. The lowest BCUT2D eigenvalue weighted by atomic mass is 10.1.